The van der Waals surface area contributed by atoms with Crippen LogP contribution in [0.5, 0.6) is 0 Å². The zero-order chi connectivity index (χ0) is 12.1. The van der Waals surface area contributed by atoms with E-state index in [-0.39, 0.29) is 5.97 Å². The van der Waals surface area contributed by atoms with E-state index in [0.29, 0.717) is 6.42 Å². The van der Waals surface area contributed by atoms with E-state index in [2.05, 4.69) is 11.8 Å². The summed E-state index contributed by atoms with van der Waals surface area (Å²) in [5, 5.41) is 0. The summed E-state index contributed by atoms with van der Waals surface area (Å²) in [5.74, 6) is 4.57. The summed E-state index contributed by atoms with van der Waals surface area (Å²) >= 11 is 0. The molecule has 16 heavy (non-hydrogen) atoms. The van der Waals surface area contributed by atoms with Crippen LogP contribution in [0.4, 0.5) is 0 Å². The van der Waals surface area contributed by atoms with Crippen molar-refractivity contribution in [1.82, 2.24) is 5.59 Å². The first kappa shape index (κ1) is 15.4. The van der Waals surface area contributed by atoms with Crippen molar-refractivity contribution in [3.63, 3.8) is 0 Å². The maximum absolute atomic E-state index is 10.9. The molecule has 0 saturated heterocycles. The highest BCUT2D eigenvalue weighted by Crippen LogP contribution is 2.10. The van der Waals surface area contributed by atoms with E-state index < -0.39 is 0 Å². The van der Waals surface area contributed by atoms with Crippen LogP contribution in [0.3, 0.4) is 0 Å². The van der Waals surface area contributed by atoms with Crippen LogP contribution in [0.15, 0.2) is 0 Å². The van der Waals surface area contributed by atoms with Crippen molar-refractivity contribution in [2.24, 2.45) is 5.84 Å². The fraction of sp³-hybridized carbons (Fsp3) is 0.917. The minimum absolute atomic E-state index is 0.273. The Morgan fingerprint density at radius 3 is 2.00 bits per heavy atom. The third-order valence-electron chi connectivity index (χ3n) is 2.66. The summed E-state index contributed by atoms with van der Waals surface area (Å²) in [6, 6.07) is 0. The molecule has 3 N–H and O–H groups in total. The number of nitrogens with one attached hydrogen (secondary N) is 1. The lowest BCUT2D eigenvalue weighted by molar-refractivity contribution is -0.151. The Bertz CT molecular complexity index is 163. The third kappa shape index (κ3) is 11.5. The predicted octanol–water partition coefficient (Wildman–Crippen LogP) is 2.83. The molecule has 0 aliphatic carbocycles. The van der Waals surface area contributed by atoms with Gasteiger partial charge in [-0.3, -0.25) is 4.79 Å². The Labute approximate surface area is 98.8 Å². The van der Waals surface area contributed by atoms with Gasteiger partial charge in [-0.2, -0.15) is 0 Å². The molecule has 0 fully saturated rings. The molecule has 0 rings (SSSR count). The van der Waals surface area contributed by atoms with Crippen LogP contribution in [0.1, 0.15) is 71.1 Å². The molecule has 0 aliphatic rings. The van der Waals surface area contributed by atoms with E-state index >= 15 is 0 Å². The molecule has 0 bridgehead atoms. The number of rotatable bonds is 11. The lowest BCUT2D eigenvalue weighted by atomic mass is 10.1. The fourth-order valence-electron chi connectivity index (χ4n) is 1.70. The van der Waals surface area contributed by atoms with E-state index in [9.17, 15) is 4.79 Å². The number of nitrogens with two attached hydrogens (primary N) is 1. The van der Waals surface area contributed by atoms with Crippen molar-refractivity contribution in [2.45, 2.75) is 71.1 Å². The van der Waals surface area contributed by atoms with Gasteiger partial charge in [-0.15, -0.1) is 0 Å². The summed E-state index contributed by atoms with van der Waals surface area (Å²) in [7, 11) is 0. The average molecular weight is 230 g/mol. The molecular formula is C12H26N2O2. The molecule has 4 nitrogen and oxygen atoms in total. The van der Waals surface area contributed by atoms with Crippen molar-refractivity contribution in [2.75, 3.05) is 0 Å². The molecule has 0 aromatic rings. The van der Waals surface area contributed by atoms with Crippen molar-refractivity contribution in [3.8, 4) is 0 Å². The molecule has 0 spiro atoms. The van der Waals surface area contributed by atoms with E-state index in [4.69, 9.17) is 5.84 Å². The molecule has 0 amide bonds. The van der Waals surface area contributed by atoms with Gasteiger partial charge in [-0.1, -0.05) is 63.9 Å². The smallest absolute Gasteiger partial charge is 0.326 e. The van der Waals surface area contributed by atoms with Gasteiger partial charge in [0, 0.05) is 6.42 Å². The van der Waals surface area contributed by atoms with E-state index in [0.717, 1.165) is 12.8 Å². The van der Waals surface area contributed by atoms with Crippen LogP contribution in [-0.2, 0) is 9.63 Å². The van der Waals surface area contributed by atoms with Gasteiger partial charge in [-0.25, -0.2) is 5.84 Å². The monoisotopic (exact) mass is 230 g/mol. The van der Waals surface area contributed by atoms with Crippen molar-refractivity contribution < 1.29 is 9.63 Å². The summed E-state index contributed by atoms with van der Waals surface area (Å²) < 4.78 is 0. The minimum atomic E-state index is -0.273. The number of carbonyl (C=O) groups is 1. The lowest BCUT2D eigenvalue weighted by Crippen LogP contribution is -2.25. The molecule has 0 heterocycles. The lowest BCUT2D eigenvalue weighted by Gasteiger charge is -2.02. The summed E-state index contributed by atoms with van der Waals surface area (Å²) in [6.45, 7) is 2.23. The fourth-order valence-corrected chi connectivity index (χ4v) is 1.70. The highest BCUT2D eigenvalue weighted by molar-refractivity contribution is 5.68. The summed E-state index contributed by atoms with van der Waals surface area (Å²) in [6.07, 6.45) is 11.7. The summed E-state index contributed by atoms with van der Waals surface area (Å²) in [4.78, 5) is 15.3. The van der Waals surface area contributed by atoms with Gasteiger partial charge in [0.1, 0.15) is 0 Å². The average Bonchev–Trinajstić information content (AvgIpc) is 2.27. The zero-order valence-corrected chi connectivity index (χ0v) is 10.5. The van der Waals surface area contributed by atoms with Crippen LogP contribution < -0.4 is 11.4 Å². The molecular weight excluding hydrogens is 204 g/mol. The van der Waals surface area contributed by atoms with Crippen LogP contribution in [0.25, 0.3) is 0 Å². The van der Waals surface area contributed by atoms with E-state index in [1.807, 2.05) is 5.59 Å². The molecule has 0 aromatic carbocycles. The van der Waals surface area contributed by atoms with Gasteiger partial charge >= 0.3 is 5.97 Å². The van der Waals surface area contributed by atoms with Crippen LogP contribution in [-0.4, -0.2) is 5.97 Å². The number of carbonyl (C=O) groups excluding carboxylic acids is 1. The Balaban J connectivity index is 3.01. The minimum Gasteiger partial charge on any atom is -0.356 e. The molecule has 0 radical (unpaired) electrons. The van der Waals surface area contributed by atoms with Gasteiger partial charge in [-0.05, 0) is 6.42 Å². The van der Waals surface area contributed by atoms with Gasteiger partial charge in [0.2, 0.25) is 0 Å². The first-order valence-corrected chi connectivity index (χ1v) is 6.46. The third-order valence-corrected chi connectivity index (χ3v) is 2.66. The first-order valence-electron chi connectivity index (χ1n) is 6.46. The molecule has 96 valence electrons. The van der Waals surface area contributed by atoms with Crippen LogP contribution in [0, 0.1) is 0 Å². The van der Waals surface area contributed by atoms with Gasteiger partial charge in [0.25, 0.3) is 0 Å². The van der Waals surface area contributed by atoms with Gasteiger partial charge in [0.15, 0.2) is 0 Å². The zero-order valence-electron chi connectivity index (χ0n) is 10.5. The first-order chi connectivity index (χ1) is 7.81. The second-order valence-corrected chi connectivity index (χ2v) is 4.17. The molecule has 0 aliphatic heterocycles. The topological polar surface area (TPSA) is 64.3 Å². The second kappa shape index (κ2) is 12.5. The largest absolute Gasteiger partial charge is 0.356 e. The Morgan fingerprint density at radius 1 is 1.00 bits per heavy atom. The van der Waals surface area contributed by atoms with Crippen LogP contribution in [0.2, 0.25) is 0 Å². The SMILES string of the molecule is CCCCCCCCCCCC(=O)ONN. The van der Waals surface area contributed by atoms with Crippen molar-refractivity contribution >= 4 is 5.97 Å². The molecule has 0 saturated carbocycles. The molecule has 4 heteroatoms. The quantitative estimate of drug-likeness (QED) is 0.325. The molecule has 0 unspecified atom stereocenters. The Morgan fingerprint density at radius 2 is 1.50 bits per heavy atom. The highest BCUT2D eigenvalue weighted by atomic mass is 16.7. The van der Waals surface area contributed by atoms with Crippen molar-refractivity contribution in [3.05, 3.63) is 0 Å². The molecule has 0 aromatic heterocycles. The number of hydrogen-bond donors (Lipinski definition) is 2. The summed E-state index contributed by atoms with van der Waals surface area (Å²) in [5.41, 5.74) is 1.90. The molecule has 0 atom stereocenters. The second-order valence-electron chi connectivity index (χ2n) is 4.17. The van der Waals surface area contributed by atoms with E-state index in [1.165, 1.54) is 44.9 Å². The van der Waals surface area contributed by atoms with Crippen LogP contribution >= 0.6 is 0 Å². The number of hydrazine groups is 1. The van der Waals surface area contributed by atoms with E-state index in [1.54, 1.807) is 0 Å². The standard InChI is InChI=1S/C12H26N2O2/c1-2-3-4-5-6-7-8-9-10-11-12(15)16-14-13/h14H,2-11,13H2,1H3. The Hall–Kier alpha value is -0.610. The van der Waals surface area contributed by atoms with Crippen molar-refractivity contribution in [1.29, 1.82) is 0 Å². The highest BCUT2D eigenvalue weighted by Gasteiger charge is 2.00. The number of unbranched alkanes of at least 4 members (excludes halogenated alkanes) is 8. The Kier molecular flexibility index (Phi) is 12.0. The van der Waals surface area contributed by atoms with Gasteiger partial charge < -0.3 is 4.84 Å². The maximum Gasteiger partial charge on any atom is 0.326 e. The predicted molar refractivity (Wildman–Crippen MR) is 65.3 cm³/mol. The maximum atomic E-state index is 10.9. The van der Waals surface area contributed by atoms with Gasteiger partial charge in [0.05, 0.1) is 0 Å². The number of hydrogen-bond acceptors (Lipinski definition) is 4. The normalized spacial score (nSPS) is 10.4.